The van der Waals surface area contributed by atoms with Gasteiger partial charge < -0.3 is 4.74 Å². The molecule has 2 rings (SSSR count). The van der Waals surface area contributed by atoms with Crippen molar-refractivity contribution in [1.82, 2.24) is 19.9 Å². The van der Waals surface area contributed by atoms with E-state index in [-0.39, 0.29) is 18.9 Å². The molecule has 0 aliphatic rings. The fourth-order valence-corrected chi connectivity index (χ4v) is 2.50. The summed E-state index contributed by atoms with van der Waals surface area (Å²) in [7, 11) is -1.83. The maximum atomic E-state index is 11.6. The van der Waals surface area contributed by atoms with Crippen LogP contribution in [0.25, 0.3) is 11.4 Å². The number of methoxy groups -OCH3 is 1. The summed E-state index contributed by atoms with van der Waals surface area (Å²) < 4.78 is 30.5. The summed E-state index contributed by atoms with van der Waals surface area (Å²) in [5.41, 5.74) is 1.77. The second-order valence-electron chi connectivity index (χ2n) is 4.16. The molecule has 0 aliphatic heterocycles. The molecule has 0 bridgehead atoms. The first kappa shape index (κ1) is 14.6. The SMILES string of the molecule is COCCS(=O)(=O)NCc1ccc(-c2ncn[nH]2)cc1. The number of aromatic amines is 1. The van der Waals surface area contributed by atoms with Gasteiger partial charge in [0.2, 0.25) is 10.0 Å². The lowest BCUT2D eigenvalue weighted by molar-refractivity contribution is 0.217. The highest BCUT2D eigenvalue weighted by molar-refractivity contribution is 7.89. The van der Waals surface area contributed by atoms with Gasteiger partial charge in [0.25, 0.3) is 0 Å². The van der Waals surface area contributed by atoms with Crippen molar-refractivity contribution in [1.29, 1.82) is 0 Å². The van der Waals surface area contributed by atoms with Crippen molar-refractivity contribution in [3.05, 3.63) is 36.2 Å². The molecule has 2 N–H and O–H groups in total. The van der Waals surface area contributed by atoms with Crippen LogP contribution in [0.15, 0.2) is 30.6 Å². The average molecular weight is 296 g/mol. The fraction of sp³-hybridized carbons (Fsp3) is 0.333. The molecule has 0 fully saturated rings. The Labute approximate surface area is 117 Å². The third-order valence-corrected chi connectivity index (χ3v) is 3.98. The Bertz CT molecular complexity index is 623. The molecule has 0 atom stereocenters. The molecule has 8 heteroatoms. The van der Waals surface area contributed by atoms with Crippen LogP contribution in [0.4, 0.5) is 0 Å². The summed E-state index contributed by atoms with van der Waals surface area (Å²) in [6.45, 7) is 0.433. The number of benzene rings is 1. The molecule has 1 aromatic carbocycles. The highest BCUT2D eigenvalue weighted by atomic mass is 32.2. The van der Waals surface area contributed by atoms with E-state index in [0.29, 0.717) is 5.82 Å². The van der Waals surface area contributed by atoms with Gasteiger partial charge in [0.15, 0.2) is 5.82 Å². The van der Waals surface area contributed by atoms with Crippen LogP contribution in [-0.2, 0) is 21.3 Å². The van der Waals surface area contributed by atoms with E-state index >= 15 is 0 Å². The van der Waals surface area contributed by atoms with E-state index in [0.717, 1.165) is 11.1 Å². The van der Waals surface area contributed by atoms with Gasteiger partial charge in [-0.2, -0.15) is 5.10 Å². The molecule has 0 saturated carbocycles. The molecule has 20 heavy (non-hydrogen) atoms. The number of hydrogen-bond donors (Lipinski definition) is 2. The van der Waals surface area contributed by atoms with E-state index in [4.69, 9.17) is 4.74 Å². The highest BCUT2D eigenvalue weighted by Crippen LogP contribution is 2.14. The zero-order valence-corrected chi connectivity index (χ0v) is 11.9. The molecule has 0 unspecified atom stereocenters. The zero-order valence-electron chi connectivity index (χ0n) is 11.0. The summed E-state index contributed by atoms with van der Waals surface area (Å²) >= 11 is 0. The highest BCUT2D eigenvalue weighted by Gasteiger charge is 2.09. The third kappa shape index (κ3) is 4.12. The van der Waals surface area contributed by atoms with Crippen LogP contribution >= 0.6 is 0 Å². The van der Waals surface area contributed by atoms with Crippen LogP contribution < -0.4 is 4.72 Å². The lowest BCUT2D eigenvalue weighted by atomic mass is 10.1. The molecule has 0 amide bonds. The van der Waals surface area contributed by atoms with Crippen LogP contribution in [0.2, 0.25) is 0 Å². The minimum Gasteiger partial charge on any atom is -0.384 e. The molecule has 7 nitrogen and oxygen atoms in total. The molecule has 0 spiro atoms. The van der Waals surface area contributed by atoms with Crippen molar-refractivity contribution in [3.63, 3.8) is 0 Å². The van der Waals surface area contributed by atoms with Gasteiger partial charge in [0.05, 0.1) is 12.4 Å². The first-order valence-electron chi connectivity index (χ1n) is 6.02. The maximum Gasteiger partial charge on any atom is 0.214 e. The Morgan fingerprint density at radius 3 is 2.65 bits per heavy atom. The van der Waals surface area contributed by atoms with E-state index in [2.05, 4.69) is 19.9 Å². The van der Waals surface area contributed by atoms with Gasteiger partial charge in [-0.15, -0.1) is 0 Å². The van der Waals surface area contributed by atoms with E-state index in [1.165, 1.54) is 13.4 Å². The summed E-state index contributed by atoms with van der Waals surface area (Å²) in [5, 5.41) is 6.54. The van der Waals surface area contributed by atoms with Crippen LogP contribution in [0.1, 0.15) is 5.56 Å². The number of aromatic nitrogens is 3. The Hall–Kier alpha value is -1.77. The third-order valence-electron chi connectivity index (χ3n) is 2.69. The average Bonchev–Trinajstić information content (AvgIpc) is 2.98. The van der Waals surface area contributed by atoms with Gasteiger partial charge >= 0.3 is 0 Å². The Kier molecular flexibility index (Phi) is 4.83. The topological polar surface area (TPSA) is 97.0 Å². The van der Waals surface area contributed by atoms with Crippen molar-refractivity contribution in [2.24, 2.45) is 0 Å². The molecule has 0 radical (unpaired) electrons. The van der Waals surface area contributed by atoms with Crippen molar-refractivity contribution in [2.75, 3.05) is 19.5 Å². The van der Waals surface area contributed by atoms with Gasteiger partial charge in [0.1, 0.15) is 6.33 Å². The number of nitrogens with zero attached hydrogens (tertiary/aromatic N) is 2. The van der Waals surface area contributed by atoms with Gasteiger partial charge in [0, 0.05) is 19.2 Å². The van der Waals surface area contributed by atoms with Crippen molar-refractivity contribution < 1.29 is 13.2 Å². The molecular formula is C12H16N4O3S. The summed E-state index contributed by atoms with van der Waals surface area (Å²) in [6.07, 6.45) is 1.44. The Morgan fingerprint density at radius 1 is 1.30 bits per heavy atom. The van der Waals surface area contributed by atoms with E-state index in [9.17, 15) is 8.42 Å². The Balaban J connectivity index is 1.94. The first-order valence-corrected chi connectivity index (χ1v) is 7.67. The van der Waals surface area contributed by atoms with Crippen molar-refractivity contribution >= 4 is 10.0 Å². The summed E-state index contributed by atoms with van der Waals surface area (Å²) in [5.74, 6) is 0.636. The summed E-state index contributed by atoms with van der Waals surface area (Å²) in [4.78, 5) is 4.04. The monoisotopic (exact) mass is 296 g/mol. The van der Waals surface area contributed by atoms with Crippen molar-refractivity contribution in [3.8, 4) is 11.4 Å². The number of H-pyrrole nitrogens is 1. The van der Waals surface area contributed by atoms with E-state index in [1.54, 1.807) is 0 Å². The number of rotatable bonds is 7. The van der Waals surface area contributed by atoms with Crippen LogP contribution in [0, 0.1) is 0 Å². The largest absolute Gasteiger partial charge is 0.384 e. The maximum absolute atomic E-state index is 11.6. The molecule has 108 valence electrons. The van der Waals surface area contributed by atoms with Crippen molar-refractivity contribution in [2.45, 2.75) is 6.54 Å². The standard InChI is InChI=1S/C12H16N4O3S/c1-19-6-7-20(17,18)15-8-10-2-4-11(5-3-10)12-13-9-14-16-12/h2-5,9,15H,6-8H2,1H3,(H,13,14,16). The Morgan fingerprint density at radius 2 is 2.05 bits per heavy atom. The predicted octanol–water partition coefficient (Wildman–Crippen LogP) is 0.537. The first-order chi connectivity index (χ1) is 9.61. The molecule has 0 aliphatic carbocycles. The smallest absolute Gasteiger partial charge is 0.214 e. The normalized spacial score (nSPS) is 11.7. The minimum atomic E-state index is -3.30. The summed E-state index contributed by atoms with van der Waals surface area (Å²) in [6, 6.07) is 7.41. The molecular weight excluding hydrogens is 280 g/mol. The second kappa shape index (κ2) is 6.60. The quantitative estimate of drug-likeness (QED) is 0.777. The van der Waals surface area contributed by atoms with Crippen LogP contribution in [0.3, 0.4) is 0 Å². The van der Waals surface area contributed by atoms with Gasteiger partial charge in [-0.3, -0.25) is 5.10 Å². The minimum absolute atomic E-state index is 0.0420. The lowest BCUT2D eigenvalue weighted by Gasteiger charge is -2.06. The fourth-order valence-electron chi connectivity index (χ4n) is 1.58. The van der Waals surface area contributed by atoms with Gasteiger partial charge in [-0.05, 0) is 5.56 Å². The second-order valence-corrected chi connectivity index (χ2v) is 6.09. The molecule has 0 saturated heterocycles. The lowest BCUT2D eigenvalue weighted by Crippen LogP contribution is -2.27. The predicted molar refractivity (Wildman–Crippen MR) is 74.3 cm³/mol. The number of sulfonamides is 1. The van der Waals surface area contributed by atoms with Crippen LogP contribution in [-0.4, -0.2) is 43.1 Å². The zero-order chi connectivity index (χ0) is 14.4. The van der Waals surface area contributed by atoms with Crippen LogP contribution in [0.5, 0.6) is 0 Å². The molecule has 1 heterocycles. The van der Waals surface area contributed by atoms with Gasteiger partial charge in [-0.1, -0.05) is 24.3 Å². The van der Waals surface area contributed by atoms with E-state index in [1.807, 2.05) is 24.3 Å². The molecule has 1 aromatic heterocycles. The molecule has 2 aromatic rings. The number of nitrogens with one attached hydrogen (secondary N) is 2. The number of hydrogen-bond acceptors (Lipinski definition) is 5. The number of ether oxygens (including phenoxy) is 1. The van der Waals surface area contributed by atoms with E-state index < -0.39 is 10.0 Å². The van der Waals surface area contributed by atoms with Gasteiger partial charge in [-0.25, -0.2) is 18.1 Å².